The fourth-order valence-electron chi connectivity index (χ4n) is 3.19. The number of amides is 1. The molecule has 1 amide bonds. The van der Waals surface area contributed by atoms with E-state index in [0.717, 1.165) is 16.5 Å². The van der Waals surface area contributed by atoms with E-state index >= 15 is 0 Å². The van der Waals surface area contributed by atoms with Gasteiger partial charge in [-0.05, 0) is 35.9 Å². The average Bonchev–Trinajstić information content (AvgIpc) is 2.98. The van der Waals surface area contributed by atoms with Crippen LogP contribution < -0.4 is 20.3 Å². The van der Waals surface area contributed by atoms with Crippen LogP contribution in [-0.2, 0) is 17.9 Å². The molecule has 1 aliphatic rings. The summed E-state index contributed by atoms with van der Waals surface area (Å²) in [5, 5.41) is 3.81. The van der Waals surface area contributed by atoms with E-state index in [1.165, 1.54) is 10.9 Å². The number of nitrogens with one attached hydrogen (secondary N) is 1. The zero-order valence-electron chi connectivity index (χ0n) is 16.0. The second-order valence-corrected chi connectivity index (χ2v) is 8.21. The molecule has 0 aliphatic carbocycles. The molecule has 0 fully saturated rings. The van der Waals surface area contributed by atoms with Crippen LogP contribution in [0.15, 0.2) is 45.9 Å². The highest BCUT2D eigenvalue weighted by Gasteiger charge is 2.16. The van der Waals surface area contributed by atoms with Crippen LogP contribution in [0.2, 0.25) is 5.02 Å². The minimum absolute atomic E-state index is 0.152. The van der Waals surface area contributed by atoms with Crippen molar-refractivity contribution in [1.29, 1.82) is 0 Å². The van der Waals surface area contributed by atoms with E-state index in [9.17, 15) is 9.59 Å². The third kappa shape index (κ3) is 4.60. The largest absolute Gasteiger partial charge is 0.489 e. The molecule has 0 saturated heterocycles. The lowest BCUT2D eigenvalue weighted by atomic mass is 10.2. The first-order valence-electron chi connectivity index (χ1n) is 9.51. The summed E-state index contributed by atoms with van der Waals surface area (Å²) < 4.78 is 13.5. The minimum atomic E-state index is -0.181. The predicted molar refractivity (Wildman–Crippen MR) is 117 cm³/mol. The number of aryl methyl sites for hydroxylation is 1. The maximum Gasteiger partial charge on any atom is 0.261 e. The van der Waals surface area contributed by atoms with Crippen LogP contribution in [0.25, 0.3) is 10.9 Å². The molecule has 1 aliphatic heterocycles. The Morgan fingerprint density at radius 2 is 2.07 bits per heavy atom. The zero-order valence-corrected chi connectivity index (χ0v) is 18.3. The summed E-state index contributed by atoms with van der Waals surface area (Å²) in [5.74, 6) is 0.947. The van der Waals surface area contributed by atoms with Crippen molar-refractivity contribution >= 4 is 44.3 Å². The molecule has 9 heteroatoms. The molecule has 1 N–H and O–H groups in total. The minimum Gasteiger partial charge on any atom is -0.489 e. The molecule has 2 aromatic carbocycles. The number of carbonyl (C=O) groups is 1. The monoisotopic (exact) mass is 491 g/mol. The van der Waals surface area contributed by atoms with Crippen LogP contribution in [0.3, 0.4) is 0 Å². The maximum atomic E-state index is 12.6. The van der Waals surface area contributed by atoms with Gasteiger partial charge in [-0.3, -0.25) is 14.2 Å². The van der Waals surface area contributed by atoms with Crippen molar-refractivity contribution in [1.82, 2.24) is 14.9 Å². The molecule has 1 aromatic heterocycles. The molecule has 0 saturated carbocycles. The molecular weight excluding hydrogens is 474 g/mol. The number of hydrogen-bond donors (Lipinski definition) is 1. The number of carbonyl (C=O) groups excluding carboxylic acids is 1. The Morgan fingerprint density at radius 1 is 1.23 bits per heavy atom. The van der Waals surface area contributed by atoms with E-state index < -0.39 is 0 Å². The smallest absolute Gasteiger partial charge is 0.261 e. The van der Waals surface area contributed by atoms with Crippen molar-refractivity contribution in [2.24, 2.45) is 0 Å². The molecule has 7 nitrogen and oxygen atoms in total. The third-order valence-corrected chi connectivity index (χ3v) is 5.49. The van der Waals surface area contributed by atoms with Gasteiger partial charge in [-0.25, -0.2) is 4.98 Å². The molecule has 2 heterocycles. The average molecular weight is 493 g/mol. The van der Waals surface area contributed by atoms with Gasteiger partial charge in [-0.1, -0.05) is 27.5 Å². The summed E-state index contributed by atoms with van der Waals surface area (Å²) in [6.07, 6.45) is 2.41. The summed E-state index contributed by atoms with van der Waals surface area (Å²) in [7, 11) is 0. The van der Waals surface area contributed by atoms with Crippen LogP contribution in [-0.4, -0.2) is 28.7 Å². The quantitative estimate of drug-likeness (QED) is 0.587. The highest BCUT2D eigenvalue weighted by Crippen LogP contribution is 2.37. The first-order valence-corrected chi connectivity index (χ1v) is 10.7. The first kappa shape index (κ1) is 20.7. The summed E-state index contributed by atoms with van der Waals surface area (Å²) in [6, 6.07) is 8.92. The summed E-state index contributed by atoms with van der Waals surface area (Å²) in [4.78, 5) is 29.2. The first-order chi connectivity index (χ1) is 14.5. The highest BCUT2D eigenvalue weighted by atomic mass is 79.9. The van der Waals surface area contributed by atoms with Gasteiger partial charge in [0, 0.05) is 30.4 Å². The van der Waals surface area contributed by atoms with E-state index in [1.54, 1.807) is 18.2 Å². The van der Waals surface area contributed by atoms with Crippen LogP contribution in [0.1, 0.15) is 18.4 Å². The number of rotatable bonds is 5. The SMILES string of the molecule is O=C(CCn1cnc2ccc(Br)cc2c1=O)NCc1cc(Cl)c2c(c1)OCCCO2. The van der Waals surface area contributed by atoms with Crippen LogP contribution in [0.5, 0.6) is 11.5 Å². The number of ether oxygens (including phenoxy) is 2. The lowest BCUT2D eigenvalue weighted by Gasteiger charge is -2.12. The van der Waals surface area contributed by atoms with Gasteiger partial charge in [0.1, 0.15) is 0 Å². The third-order valence-electron chi connectivity index (χ3n) is 4.72. The summed E-state index contributed by atoms with van der Waals surface area (Å²) in [5.41, 5.74) is 1.26. The van der Waals surface area contributed by atoms with Crippen molar-refractivity contribution in [3.05, 3.63) is 62.1 Å². The second kappa shape index (κ2) is 9.06. The zero-order chi connectivity index (χ0) is 21.1. The van der Waals surface area contributed by atoms with Crippen molar-refractivity contribution in [2.75, 3.05) is 13.2 Å². The Morgan fingerprint density at radius 3 is 2.93 bits per heavy atom. The number of aromatic nitrogens is 2. The summed E-state index contributed by atoms with van der Waals surface area (Å²) in [6.45, 7) is 1.65. The lowest BCUT2D eigenvalue weighted by Crippen LogP contribution is -2.27. The fourth-order valence-corrected chi connectivity index (χ4v) is 3.84. The predicted octanol–water partition coefficient (Wildman–Crippen LogP) is 3.68. The lowest BCUT2D eigenvalue weighted by molar-refractivity contribution is -0.121. The van der Waals surface area contributed by atoms with Crippen LogP contribution in [0, 0.1) is 0 Å². The van der Waals surface area contributed by atoms with Crippen molar-refractivity contribution in [3.63, 3.8) is 0 Å². The van der Waals surface area contributed by atoms with Crippen molar-refractivity contribution in [3.8, 4) is 11.5 Å². The molecule has 4 rings (SSSR count). The van der Waals surface area contributed by atoms with Crippen LogP contribution in [0.4, 0.5) is 0 Å². The van der Waals surface area contributed by atoms with E-state index in [4.69, 9.17) is 21.1 Å². The number of hydrogen-bond acceptors (Lipinski definition) is 5. The molecule has 3 aromatic rings. The Kier molecular flexibility index (Phi) is 6.24. The van der Waals surface area contributed by atoms with E-state index in [2.05, 4.69) is 26.2 Å². The fraction of sp³-hybridized carbons (Fsp3) is 0.286. The topological polar surface area (TPSA) is 82.5 Å². The Balaban J connectivity index is 1.38. The number of fused-ring (bicyclic) bond motifs is 2. The van der Waals surface area contributed by atoms with Gasteiger partial charge in [0.15, 0.2) is 11.5 Å². The van der Waals surface area contributed by atoms with Crippen molar-refractivity contribution in [2.45, 2.75) is 25.9 Å². The van der Waals surface area contributed by atoms with E-state index in [-0.39, 0.29) is 24.4 Å². The molecule has 0 radical (unpaired) electrons. The molecule has 156 valence electrons. The molecule has 0 unspecified atom stereocenters. The Bertz CT molecular complexity index is 1160. The molecule has 30 heavy (non-hydrogen) atoms. The van der Waals surface area contributed by atoms with Crippen molar-refractivity contribution < 1.29 is 14.3 Å². The number of nitrogens with zero attached hydrogens (tertiary/aromatic N) is 2. The standard InChI is InChI=1S/C21H19BrClN3O4/c22-14-2-3-17-15(10-14)21(28)26(12-25-17)5-4-19(27)24-11-13-8-16(23)20-18(9-13)29-6-1-7-30-20/h2-3,8-10,12H,1,4-7,11H2,(H,24,27). The molecule has 0 spiro atoms. The van der Waals surface area contributed by atoms with E-state index in [1.807, 2.05) is 12.1 Å². The molecular formula is C21H19BrClN3O4. The van der Waals surface area contributed by atoms with Gasteiger partial charge >= 0.3 is 0 Å². The van der Waals surface area contributed by atoms with Crippen LogP contribution >= 0.6 is 27.5 Å². The molecule has 0 atom stereocenters. The van der Waals surface area contributed by atoms with Gasteiger partial charge in [0.2, 0.25) is 5.91 Å². The highest BCUT2D eigenvalue weighted by molar-refractivity contribution is 9.10. The van der Waals surface area contributed by atoms with Gasteiger partial charge in [0.05, 0.1) is 35.5 Å². The van der Waals surface area contributed by atoms with Gasteiger partial charge < -0.3 is 14.8 Å². The normalized spacial score (nSPS) is 13.1. The molecule has 0 bridgehead atoms. The van der Waals surface area contributed by atoms with E-state index in [0.29, 0.717) is 47.2 Å². The van der Waals surface area contributed by atoms with Gasteiger partial charge in [0.25, 0.3) is 5.56 Å². The summed E-state index contributed by atoms with van der Waals surface area (Å²) >= 11 is 9.65. The van der Waals surface area contributed by atoms with Gasteiger partial charge in [-0.15, -0.1) is 0 Å². The number of benzene rings is 2. The Hall–Kier alpha value is -2.58. The Labute approximate surface area is 186 Å². The van der Waals surface area contributed by atoms with Gasteiger partial charge in [-0.2, -0.15) is 0 Å². The second-order valence-electron chi connectivity index (χ2n) is 6.89. The maximum absolute atomic E-state index is 12.6. The number of halogens is 2.